The standard InChI is InChI=1S/C17H22N2O4/c20-15-4-2-1-3-14(15)17(23)18-12-7-13(8-12)19(10-16(21)22)9-11-5-6-11/h1-4,11-13,20H,5-10H2,(H,18,23)(H,21,22). The largest absolute Gasteiger partial charge is 0.507 e. The van der Waals surface area contributed by atoms with E-state index in [0.717, 1.165) is 19.4 Å². The van der Waals surface area contributed by atoms with Gasteiger partial charge in [0.15, 0.2) is 0 Å². The minimum atomic E-state index is -0.799. The number of nitrogens with zero attached hydrogens (tertiary/aromatic N) is 1. The molecule has 6 nitrogen and oxygen atoms in total. The summed E-state index contributed by atoms with van der Waals surface area (Å²) in [5.74, 6) is -0.461. The third kappa shape index (κ3) is 4.01. The van der Waals surface area contributed by atoms with Crippen LogP contribution in [0.1, 0.15) is 36.0 Å². The Morgan fingerprint density at radius 2 is 1.91 bits per heavy atom. The lowest BCUT2D eigenvalue weighted by atomic mass is 9.85. The smallest absolute Gasteiger partial charge is 0.317 e. The molecule has 0 unspecified atom stereocenters. The Morgan fingerprint density at radius 3 is 2.52 bits per heavy atom. The van der Waals surface area contributed by atoms with E-state index < -0.39 is 5.97 Å². The van der Waals surface area contributed by atoms with E-state index in [1.807, 2.05) is 4.90 Å². The predicted octanol–water partition coefficient (Wildman–Crippen LogP) is 1.45. The fourth-order valence-electron chi connectivity index (χ4n) is 3.08. The maximum absolute atomic E-state index is 12.1. The second-order valence-corrected chi connectivity index (χ2v) is 6.58. The molecule has 0 atom stereocenters. The summed E-state index contributed by atoms with van der Waals surface area (Å²) in [6, 6.07) is 6.73. The lowest BCUT2D eigenvalue weighted by Gasteiger charge is -2.42. The maximum Gasteiger partial charge on any atom is 0.317 e. The summed E-state index contributed by atoms with van der Waals surface area (Å²) in [7, 11) is 0. The summed E-state index contributed by atoms with van der Waals surface area (Å²) in [5.41, 5.74) is 0.274. The van der Waals surface area contributed by atoms with Crippen LogP contribution in [-0.2, 0) is 4.79 Å². The van der Waals surface area contributed by atoms with Crippen LogP contribution in [0.25, 0.3) is 0 Å². The van der Waals surface area contributed by atoms with Crippen LogP contribution in [0.4, 0.5) is 0 Å². The first-order valence-electron chi connectivity index (χ1n) is 8.07. The van der Waals surface area contributed by atoms with Crippen LogP contribution in [-0.4, -0.2) is 52.2 Å². The van der Waals surface area contributed by atoms with Crippen molar-refractivity contribution in [2.45, 2.75) is 37.8 Å². The fourth-order valence-corrected chi connectivity index (χ4v) is 3.08. The van der Waals surface area contributed by atoms with Crippen LogP contribution in [0, 0.1) is 5.92 Å². The lowest BCUT2D eigenvalue weighted by molar-refractivity contribution is -0.139. The van der Waals surface area contributed by atoms with Crippen molar-refractivity contribution in [3.63, 3.8) is 0 Å². The summed E-state index contributed by atoms with van der Waals surface area (Å²) in [6.07, 6.45) is 3.91. The molecule has 23 heavy (non-hydrogen) atoms. The highest BCUT2D eigenvalue weighted by molar-refractivity contribution is 5.97. The SMILES string of the molecule is O=C(O)CN(CC1CC1)C1CC(NC(=O)c2ccccc2O)C1. The Balaban J connectivity index is 1.50. The van der Waals surface area contributed by atoms with Gasteiger partial charge in [0.1, 0.15) is 5.75 Å². The van der Waals surface area contributed by atoms with Crippen LogP contribution >= 0.6 is 0 Å². The van der Waals surface area contributed by atoms with Gasteiger partial charge in [-0.15, -0.1) is 0 Å². The lowest BCUT2D eigenvalue weighted by Crippen LogP contribution is -2.55. The van der Waals surface area contributed by atoms with Crippen LogP contribution < -0.4 is 5.32 Å². The first-order valence-corrected chi connectivity index (χ1v) is 8.07. The van der Waals surface area contributed by atoms with Crippen LogP contribution in [0.5, 0.6) is 5.75 Å². The van der Waals surface area contributed by atoms with Gasteiger partial charge in [0.2, 0.25) is 0 Å². The van der Waals surface area contributed by atoms with Gasteiger partial charge < -0.3 is 15.5 Å². The Hall–Kier alpha value is -2.08. The average molecular weight is 318 g/mol. The summed E-state index contributed by atoms with van der Waals surface area (Å²) in [5, 5.41) is 21.6. The van der Waals surface area contributed by atoms with Crippen molar-refractivity contribution in [2.75, 3.05) is 13.1 Å². The Labute approximate surface area is 135 Å². The molecule has 0 bridgehead atoms. The molecule has 0 aromatic heterocycles. The van der Waals surface area contributed by atoms with Crippen LogP contribution in [0.2, 0.25) is 0 Å². The van der Waals surface area contributed by atoms with Crippen molar-refractivity contribution >= 4 is 11.9 Å². The number of aliphatic carboxylic acids is 1. The number of carboxylic acid groups (broad SMARTS) is 1. The molecule has 0 spiro atoms. The van der Waals surface area contributed by atoms with Gasteiger partial charge in [-0.2, -0.15) is 0 Å². The number of phenols is 1. The van der Waals surface area contributed by atoms with E-state index in [-0.39, 0.29) is 35.8 Å². The number of para-hydroxylation sites is 1. The van der Waals surface area contributed by atoms with Crippen molar-refractivity contribution in [1.29, 1.82) is 0 Å². The molecular formula is C17H22N2O4. The van der Waals surface area contributed by atoms with E-state index in [0.29, 0.717) is 5.92 Å². The topological polar surface area (TPSA) is 89.9 Å². The van der Waals surface area contributed by atoms with Crippen molar-refractivity contribution in [3.05, 3.63) is 29.8 Å². The van der Waals surface area contributed by atoms with E-state index in [9.17, 15) is 14.7 Å². The number of carbonyl (C=O) groups excluding carboxylic acids is 1. The van der Waals surface area contributed by atoms with Crippen LogP contribution in [0.3, 0.4) is 0 Å². The number of hydrogen-bond acceptors (Lipinski definition) is 4. The number of carboxylic acids is 1. The highest BCUT2D eigenvalue weighted by atomic mass is 16.4. The van der Waals surface area contributed by atoms with E-state index in [4.69, 9.17) is 5.11 Å². The highest BCUT2D eigenvalue weighted by Gasteiger charge is 2.37. The molecule has 3 N–H and O–H groups in total. The molecule has 1 amide bonds. The van der Waals surface area contributed by atoms with Gasteiger partial charge >= 0.3 is 5.97 Å². The third-order valence-corrected chi connectivity index (χ3v) is 4.64. The van der Waals surface area contributed by atoms with E-state index >= 15 is 0 Å². The average Bonchev–Trinajstić information content (AvgIpc) is 3.25. The summed E-state index contributed by atoms with van der Waals surface area (Å²) in [4.78, 5) is 25.2. The number of hydrogen-bond donors (Lipinski definition) is 3. The van der Waals surface area contributed by atoms with Gasteiger partial charge in [-0.05, 0) is 43.7 Å². The fraction of sp³-hybridized carbons (Fsp3) is 0.529. The maximum atomic E-state index is 12.1. The molecule has 0 radical (unpaired) electrons. The third-order valence-electron chi connectivity index (χ3n) is 4.64. The van der Waals surface area contributed by atoms with Gasteiger partial charge in [0.05, 0.1) is 12.1 Å². The first-order chi connectivity index (χ1) is 11.0. The summed E-state index contributed by atoms with van der Waals surface area (Å²) < 4.78 is 0. The molecule has 1 aromatic rings. The van der Waals surface area contributed by atoms with Gasteiger partial charge in [-0.3, -0.25) is 14.5 Å². The molecule has 0 heterocycles. The van der Waals surface area contributed by atoms with Gasteiger partial charge in [0, 0.05) is 18.6 Å². The molecule has 1 aromatic carbocycles. The number of amides is 1. The molecule has 2 fully saturated rings. The molecular weight excluding hydrogens is 296 g/mol. The molecule has 2 aliphatic carbocycles. The van der Waals surface area contributed by atoms with Crippen molar-refractivity contribution in [3.8, 4) is 5.75 Å². The molecule has 0 aliphatic heterocycles. The molecule has 124 valence electrons. The zero-order valence-corrected chi connectivity index (χ0v) is 12.9. The summed E-state index contributed by atoms with van der Waals surface area (Å²) in [6.45, 7) is 0.915. The second-order valence-electron chi connectivity index (χ2n) is 6.58. The highest BCUT2D eigenvalue weighted by Crippen LogP contribution is 2.34. The van der Waals surface area contributed by atoms with Gasteiger partial charge in [-0.1, -0.05) is 12.1 Å². The van der Waals surface area contributed by atoms with E-state index in [2.05, 4.69) is 5.32 Å². The van der Waals surface area contributed by atoms with Gasteiger partial charge in [-0.25, -0.2) is 0 Å². The Kier molecular flexibility index (Phi) is 4.52. The monoisotopic (exact) mass is 318 g/mol. The normalized spacial score (nSPS) is 23.3. The molecule has 2 aliphatic rings. The van der Waals surface area contributed by atoms with Crippen molar-refractivity contribution in [2.24, 2.45) is 5.92 Å². The number of phenolic OH excluding ortho intramolecular Hbond substituents is 1. The number of carbonyl (C=O) groups is 2. The minimum absolute atomic E-state index is 0.0258. The quantitative estimate of drug-likeness (QED) is 0.708. The van der Waals surface area contributed by atoms with E-state index in [1.54, 1.807) is 18.2 Å². The van der Waals surface area contributed by atoms with Crippen LogP contribution in [0.15, 0.2) is 24.3 Å². The number of nitrogens with one attached hydrogen (secondary N) is 1. The molecule has 3 rings (SSSR count). The first kappa shape index (κ1) is 15.8. The van der Waals surface area contributed by atoms with E-state index in [1.165, 1.54) is 18.9 Å². The Bertz CT molecular complexity index is 594. The molecule has 2 saturated carbocycles. The van der Waals surface area contributed by atoms with Crippen molar-refractivity contribution in [1.82, 2.24) is 10.2 Å². The Morgan fingerprint density at radius 1 is 1.22 bits per heavy atom. The molecule has 0 saturated heterocycles. The zero-order chi connectivity index (χ0) is 16.4. The predicted molar refractivity (Wildman–Crippen MR) is 84.3 cm³/mol. The summed E-state index contributed by atoms with van der Waals surface area (Å²) >= 11 is 0. The number of aromatic hydroxyl groups is 1. The number of benzene rings is 1. The van der Waals surface area contributed by atoms with Gasteiger partial charge in [0.25, 0.3) is 5.91 Å². The molecule has 6 heteroatoms. The zero-order valence-electron chi connectivity index (χ0n) is 12.9. The minimum Gasteiger partial charge on any atom is -0.507 e. The van der Waals surface area contributed by atoms with Crippen molar-refractivity contribution < 1.29 is 19.8 Å². The number of rotatable bonds is 7. The second kappa shape index (κ2) is 6.58.